The molecule has 0 atom stereocenters. The number of hydrogen-bond donors (Lipinski definition) is 3. The lowest BCUT2D eigenvalue weighted by molar-refractivity contribution is 0.0540. The number of aromatic nitrogens is 2. The first-order valence-electron chi connectivity index (χ1n) is 9.86. The molecule has 2 rings (SSSR count). The molecule has 1 aliphatic rings. The summed E-state index contributed by atoms with van der Waals surface area (Å²) in [5.74, 6) is 0.110. The van der Waals surface area contributed by atoms with Crippen molar-refractivity contribution in [1.82, 2.24) is 20.2 Å². The standard InChI is InChI=1S/C19H33N5O3/c1-19(2,3)27-18(26)24-13-15(22-16(24)20)11-8-12-21-17(25)23-14-9-6-4-5-7-10-14/h13-14H,4-12H2,1-3H3,(H2,20,22)(H2,21,23,25). The van der Waals surface area contributed by atoms with Crippen LogP contribution in [0.15, 0.2) is 6.20 Å². The van der Waals surface area contributed by atoms with Crippen molar-refractivity contribution in [3.8, 4) is 0 Å². The van der Waals surface area contributed by atoms with Crippen molar-refractivity contribution in [1.29, 1.82) is 0 Å². The Hall–Kier alpha value is -2.25. The van der Waals surface area contributed by atoms with E-state index in [0.717, 1.165) is 12.8 Å². The minimum Gasteiger partial charge on any atom is -0.443 e. The summed E-state index contributed by atoms with van der Waals surface area (Å²) < 4.78 is 6.51. The number of carbonyl (C=O) groups excluding carboxylic acids is 2. The average molecular weight is 380 g/mol. The lowest BCUT2D eigenvalue weighted by atomic mass is 10.1. The molecule has 1 fully saturated rings. The van der Waals surface area contributed by atoms with Crippen LogP contribution in [-0.2, 0) is 11.2 Å². The summed E-state index contributed by atoms with van der Waals surface area (Å²) in [4.78, 5) is 28.3. The van der Waals surface area contributed by atoms with Crippen molar-refractivity contribution >= 4 is 18.1 Å². The number of imidazole rings is 1. The molecule has 1 aromatic rings. The fourth-order valence-corrected chi connectivity index (χ4v) is 3.15. The zero-order valence-electron chi connectivity index (χ0n) is 16.7. The smallest absolute Gasteiger partial charge is 0.421 e. The van der Waals surface area contributed by atoms with E-state index in [2.05, 4.69) is 15.6 Å². The van der Waals surface area contributed by atoms with Crippen molar-refractivity contribution in [2.75, 3.05) is 12.3 Å². The lowest BCUT2D eigenvalue weighted by Gasteiger charge is -2.19. The fraction of sp³-hybridized carbons (Fsp3) is 0.737. The molecule has 0 unspecified atom stereocenters. The fourth-order valence-electron chi connectivity index (χ4n) is 3.15. The molecular weight excluding hydrogens is 346 g/mol. The highest BCUT2D eigenvalue weighted by atomic mass is 16.6. The number of anilines is 1. The van der Waals surface area contributed by atoms with Gasteiger partial charge in [0.15, 0.2) is 0 Å². The molecule has 27 heavy (non-hydrogen) atoms. The number of nitrogens with one attached hydrogen (secondary N) is 2. The second-order valence-electron chi connectivity index (χ2n) is 8.13. The van der Waals surface area contributed by atoms with Gasteiger partial charge in [-0.25, -0.2) is 19.1 Å². The first-order valence-corrected chi connectivity index (χ1v) is 9.86. The highest BCUT2D eigenvalue weighted by Crippen LogP contribution is 2.17. The van der Waals surface area contributed by atoms with Gasteiger partial charge in [-0.1, -0.05) is 25.7 Å². The normalized spacial score (nSPS) is 15.8. The minimum absolute atomic E-state index is 0.110. The SMILES string of the molecule is CC(C)(C)OC(=O)n1cc(CCCNC(=O)NC2CCCCCC2)nc1N. The second-order valence-corrected chi connectivity index (χ2v) is 8.13. The molecule has 1 aromatic heterocycles. The van der Waals surface area contributed by atoms with E-state index < -0.39 is 11.7 Å². The number of carbonyl (C=O) groups is 2. The molecular formula is C19H33N5O3. The van der Waals surface area contributed by atoms with Gasteiger partial charge in [-0.2, -0.15) is 0 Å². The van der Waals surface area contributed by atoms with E-state index in [9.17, 15) is 9.59 Å². The van der Waals surface area contributed by atoms with Gasteiger partial charge in [0, 0.05) is 18.8 Å². The maximum atomic E-state index is 12.1. The first-order chi connectivity index (χ1) is 12.7. The van der Waals surface area contributed by atoms with Gasteiger partial charge in [0.05, 0.1) is 5.69 Å². The third kappa shape index (κ3) is 7.48. The Morgan fingerprint density at radius 2 is 1.93 bits per heavy atom. The summed E-state index contributed by atoms with van der Waals surface area (Å²) in [5.41, 5.74) is 5.91. The summed E-state index contributed by atoms with van der Waals surface area (Å²) in [6, 6.07) is 0.178. The molecule has 0 saturated heterocycles. The largest absolute Gasteiger partial charge is 0.443 e. The van der Waals surface area contributed by atoms with E-state index in [1.54, 1.807) is 27.0 Å². The summed E-state index contributed by atoms with van der Waals surface area (Å²) in [7, 11) is 0. The van der Waals surface area contributed by atoms with Crippen LogP contribution < -0.4 is 16.4 Å². The number of nitrogens with zero attached hydrogens (tertiary/aromatic N) is 2. The molecule has 152 valence electrons. The maximum absolute atomic E-state index is 12.1. The van der Waals surface area contributed by atoms with Crippen molar-refractivity contribution in [3.05, 3.63) is 11.9 Å². The minimum atomic E-state index is -0.595. The van der Waals surface area contributed by atoms with Gasteiger partial charge in [-0.3, -0.25) is 0 Å². The Morgan fingerprint density at radius 3 is 2.56 bits per heavy atom. The number of hydrogen-bond acceptors (Lipinski definition) is 5. The van der Waals surface area contributed by atoms with E-state index in [-0.39, 0.29) is 18.0 Å². The number of ether oxygens (including phenoxy) is 1. The van der Waals surface area contributed by atoms with Crippen molar-refractivity contribution in [2.24, 2.45) is 0 Å². The molecule has 8 heteroatoms. The van der Waals surface area contributed by atoms with Crippen LogP contribution in [0.25, 0.3) is 0 Å². The third-order valence-electron chi connectivity index (χ3n) is 4.46. The molecule has 0 aliphatic heterocycles. The summed E-state index contributed by atoms with van der Waals surface area (Å²) in [6.07, 6.45) is 9.40. The predicted octanol–water partition coefficient (Wildman–Crippen LogP) is 3.20. The molecule has 8 nitrogen and oxygen atoms in total. The topological polar surface area (TPSA) is 111 Å². The zero-order valence-corrected chi connectivity index (χ0v) is 16.7. The number of nitrogen functional groups attached to an aromatic ring is 1. The number of rotatable bonds is 5. The van der Waals surface area contributed by atoms with Gasteiger partial charge < -0.3 is 21.1 Å². The van der Waals surface area contributed by atoms with E-state index in [1.807, 2.05) is 0 Å². The van der Waals surface area contributed by atoms with E-state index in [1.165, 1.54) is 30.3 Å². The van der Waals surface area contributed by atoms with Crippen molar-refractivity contribution in [3.63, 3.8) is 0 Å². The summed E-state index contributed by atoms with van der Waals surface area (Å²) in [5, 5.41) is 5.94. The first kappa shape index (κ1) is 21.1. The molecule has 1 heterocycles. The van der Waals surface area contributed by atoms with Crippen LogP contribution in [0.4, 0.5) is 15.5 Å². The van der Waals surface area contributed by atoms with Crippen LogP contribution in [0.1, 0.15) is 71.4 Å². The van der Waals surface area contributed by atoms with Gasteiger partial charge in [0.2, 0.25) is 5.95 Å². The highest BCUT2D eigenvalue weighted by molar-refractivity contribution is 5.74. The Bertz CT molecular complexity index is 628. The Morgan fingerprint density at radius 1 is 1.26 bits per heavy atom. The molecule has 4 N–H and O–H groups in total. The van der Waals surface area contributed by atoms with Crippen molar-refractivity contribution in [2.45, 2.75) is 83.8 Å². The molecule has 0 radical (unpaired) electrons. The van der Waals surface area contributed by atoms with Crippen LogP contribution in [0, 0.1) is 0 Å². The van der Waals surface area contributed by atoms with E-state index >= 15 is 0 Å². The monoisotopic (exact) mass is 379 g/mol. The van der Waals surface area contributed by atoms with E-state index in [0.29, 0.717) is 25.1 Å². The van der Waals surface area contributed by atoms with Crippen LogP contribution in [0.5, 0.6) is 0 Å². The van der Waals surface area contributed by atoms with Crippen LogP contribution in [-0.4, -0.2) is 39.9 Å². The number of urea groups is 1. The number of aryl methyl sites for hydroxylation is 1. The van der Waals surface area contributed by atoms with E-state index in [4.69, 9.17) is 10.5 Å². The predicted molar refractivity (Wildman–Crippen MR) is 105 cm³/mol. The molecule has 0 bridgehead atoms. The zero-order chi connectivity index (χ0) is 19.9. The van der Waals surface area contributed by atoms with Gasteiger partial charge in [-0.15, -0.1) is 0 Å². The Kier molecular flexibility index (Phi) is 7.50. The summed E-state index contributed by atoms with van der Waals surface area (Å²) in [6.45, 7) is 5.93. The highest BCUT2D eigenvalue weighted by Gasteiger charge is 2.20. The second kappa shape index (κ2) is 9.62. The quantitative estimate of drug-likeness (QED) is 0.537. The molecule has 2 amide bonds. The van der Waals surface area contributed by atoms with Crippen LogP contribution in [0.3, 0.4) is 0 Å². The molecule has 0 spiro atoms. The van der Waals surface area contributed by atoms with Gasteiger partial charge in [0.1, 0.15) is 5.60 Å². The van der Waals surface area contributed by atoms with Crippen LogP contribution >= 0.6 is 0 Å². The molecule has 1 aliphatic carbocycles. The van der Waals surface area contributed by atoms with Crippen molar-refractivity contribution < 1.29 is 14.3 Å². The summed E-state index contributed by atoms with van der Waals surface area (Å²) >= 11 is 0. The molecule has 1 saturated carbocycles. The van der Waals surface area contributed by atoms with Gasteiger partial charge in [-0.05, 0) is 46.5 Å². The number of nitrogens with two attached hydrogens (primary N) is 1. The van der Waals surface area contributed by atoms with Crippen LogP contribution in [0.2, 0.25) is 0 Å². The Labute approximate surface area is 161 Å². The number of amides is 2. The Balaban J connectivity index is 1.71. The third-order valence-corrected chi connectivity index (χ3v) is 4.46. The molecule has 0 aromatic carbocycles. The lowest BCUT2D eigenvalue weighted by Crippen LogP contribution is -2.42. The van der Waals surface area contributed by atoms with Gasteiger partial charge in [0.25, 0.3) is 0 Å². The maximum Gasteiger partial charge on any atom is 0.421 e. The van der Waals surface area contributed by atoms with Gasteiger partial charge >= 0.3 is 12.1 Å². The average Bonchev–Trinajstić information content (AvgIpc) is 2.76.